The zero-order chi connectivity index (χ0) is 25.2. The smallest absolute Gasteiger partial charge is 0.242 e. The first kappa shape index (κ1) is 23.0. The Hall–Kier alpha value is -4.40. The molecule has 2 aromatic heterocycles. The molecular formula is C28H29N7O2. The lowest BCUT2D eigenvalue weighted by molar-refractivity contribution is -0.132. The van der Waals surface area contributed by atoms with E-state index in [1.807, 2.05) is 58.1 Å². The van der Waals surface area contributed by atoms with Gasteiger partial charge in [-0.05, 0) is 18.2 Å². The van der Waals surface area contributed by atoms with Gasteiger partial charge in [-0.15, -0.1) is 0 Å². The van der Waals surface area contributed by atoms with Gasteiger partial charge in [-0.3, -0.25) is 4.79 Å². The Morgan fingerprint density at radius 1 is 0.919 bits per heavy atom. The molecule has 4 heterocycles. The third-order valence-electron chi connectivity index (χ3n) is 6.93. The van der Waals surface area contributed by atoms with Gasteiger partial charge in [0.15, 0.2) is 0 Å². The van der Waals surface area contributed by atoms with Crippen molar-refractivity contribution in [2.75, 3.05) is 56.2 Å². The zero-order valence-corrected chi connectivity index (χ0v) is 20.8. The van der Waals surface area contributed by atoms with Crippen LogP contribution in [0.25, 0.3) is 22.6 Å². The highest BCUT2D eigenvalue weighted by Gasteiger charge is 2.24. The average molecular weight is 496 g/mol. The van der Waals surface area contributed by atoms with Crippen LogP contribution in [0.1, 0.15) is 0 Å². The number of benzene rings is 2. The number of likely N-dealkylation sites (N-methyl/N-ethyl adjacent to an activating group) is 1. The summed E-state index contributed by atoms with van der Waals surface area (Å²) in [6, 6.07) is 18.0. The topological polar surface area (TPSA) is 79.6 Å². The predicted molar refractivity (Wildman–Crippen MR) is 143 cm³/mol. The van der Waals surface area contributed by atoms with Crippen LogP contribution in [-0.4, -0.2) is 76.7 Å². The summed E-state index contributed by atoms with van der Waals surface area (Å²) in [7, 11) is 2.07. The van der Waals surface area contributed by atoms with Gasteiger partial charge in [-0.2, -0.15) is 0 Å². The Balaban J connectivity index is 1.24. The summed E-state index contributed by atoms with van der Waals surface area (Å²) >= 11 is 0. The van der Waals surface area contributed by atoms with Crippen molar-refractivity contribution in [1.82, 2.24) is 24.4 Å². The van der Waals surface area contributed by atoms with E-state index in [1.54, 1.807) is 12.4 Å². The monoisotopic (exact) mass is 495 g/mol. The van der Waals surface area contributed by atoms with Gasteiger partial charge in [0.2, 0.25) is 11.9 Å². The number of fused-ring (bicyclic) bond motifs is 1. The van der Waals surface area contributed by atoms with E-state index < -0.39 is 0 Å². The third kappa shape index (κ3) is 4.72. The molecule has 0 spiro atoms. The fourth-order valence-corrected chi connectivity index (χ4v) is 4.87. The van der Waals surface area contributed by atoms with Crippen LogP contribution < -0.4 is 14.5 Å². The molecule has 37 heavy (non-hydrogen) atoms. The molecule has 1 saturated heterocycles. The summed E-state index contributed by atoms with van der Waals surface area (Å²) in [6.45, 7) is 4.44. The molecule has 2 aliphatic rings. The van der Waals surface area contributed by atoms with Crippen LogP contribution in [0.4, 0.5) is 11.6 Å². The van der Waals surface area contributed by atoms with E-state index in [0.717, 1.165) is 40.6 Å². The zero-order valence-electron chi connectivity index (χ0n) is 20.8. The first-order valence-electron chi connectivity index (χ1n) is 12.6. The maximum Gasteiger partial charge on any atom is 0.242 e. The van der Waals surface area contributed by atoms with Gasteiger partial charge in [-0.25, -0.2) is 15.0 Å². The summed E-state index contributed by atoms with van der Waals surface area (Å²) in [5, 5.41) is 0. The second-order valence-corrected chi connectivity index (χ2v) is 9.31. The molecule has 0 bridgehead atoms. The van der Waals surface area contributed by atoms with Gasteiger partial charge < -0.3 is 24.0 Å². The maximum absolute atomic E-state index is 13.4. The quantitative estimate of drug-likeness (QED) is 0.421. The van der Waals surface area contributed by atoms with E-state index >= 15 is 0 Å². The SMILES string of the molecule is CN1CCOc2cc(-c3cn(CC(=O)N4CCN(c5ncccn5)CC4)c(-c4ccccc4)n3)ccc21. The van der Waals surface area contributed by atoms with Gasteiger partial charge in [0, 0.05) is 62.9 Å². The second kappa shape index (κ2) is 9.93. The molecule has 4 aromatic rings. The van der Waals surface area contributed by atoms with E-state index in [4.69, 9.17) is 9.72 Å². The lowest BCUT2D eigenvalue weighted by atomic mass is 10.1. The van der Waals surface area contributed by atoms with Gasteiger partial charge in [-0.1, -0.05) is 36.4 Å². The minimum Gasteiger partial charge on any atom is -0.490 e. The minimum atomic E-state index is 0.0742. The summed E-state index contributed by atoms with van der Waals surface area (Å²) in [4.78, 5) is 33.2. The van der Waals surface area contributed by atoms with Crippen LogP contribution >= 0.6 is 0 Å². The van der Waals surface area contributed by atoms with Crippen LogP contribution in [0.2, 0.25) is 0 Å². The Labute approximate surface area is 216 Å². The molecule has 0 atom stereocenters. The normalized spacial score (nSPS) is 15.3. The number of hydrogen-bond donors (Lipinski definition) is 0. The molecule has 1 fully saturated rings. The summed E-state index contributed by atoms with van der Waals surface area (Å²) in [5.74, 6) is 2.42. The predicted octanol–water partition coefficient (Wildman–Crippen LogP) is 3.18. The fourth-order valence-electron chi connectivity index (χ4n) is 4.87. The summed E-state index contributed by atoms with van der Waals surface area (Å²) < 4.78 is 7.88. The summed E-state index contributed by atoms with van der Waals surface area (Å²) in [6.07, 6.45) is 5.46. The summed E-state index contributed by atoms with van der Waals surface area (Å²) in [5.41, 5.74) is 3.83. The largest absolute Gasteiger partial charge is 0.490 e. The lowest BCUT2D eigenvalue weighted by Gasteiger charge is -2.34. The number of piperazine rings is 1. The van der Waals surface area contributed by atoms with Crippen LogP contribution in [0.5, 0.6) is 5.75 Å². The van der Waals surface area contributed by atoms with Crippen LogP contribution in [0.15, 0.2) is 73.2 Å². The highest BCUT2D eigenvalue weighted by molar-refractivity contribution is 5.78. The minimum absolute atomic E-state index is 0.0742. The highest BCUT2D eigenvalue weighted by Crippen LogP contribution is 2.35. The number of imidazole rings is 1. The highest BCUT2D eigenvalue weighted by atomic mass is 16.5. The molecule has 188 valence electrons. The third-order valence-corrected chi connectivity index (χ3v) is 6.93. The van der Waals surface area contributed by atoms with Crippen molar-refractivity contribution >= 4 is 17.5 Å². The van der Waals surface area contributed by atoms with Crippen molar-refractivity contribution in [2.24, 2.45) is 0 Å². The van der Waals surface area contributed by atoms with Crippen molar-refractivity contribution in [3.05, 3.63) is 73.2 Å². The maximum atomic E-state index is 13.4. The molecule has 2 aliphatic heterocycles. The van der Waals surface area contributed by atoms with Crippen molar-refractivity contribution in [3.8, 4) is 28.4 Å². The number of rotatable bonds is 5. The Bertz CT molecular complexity index is 1380. The van der Waals surface area contributed by atoms with Gasteiger partial charge >= 0.3 is 0 Å². The van der Waals surface area contributed by atoms with E-state index in [-0.39, 0.29) is 12.5 Å². The Morgan fingerprint density at radius 3 is 2.49 bits per heavy atom. The number of aromatic nitrogens is 4. The van der Waals surface area contributed by atoms with Crippen LogP contribution in [-0.2, 0) is 11.3 Å². The van der Waals surface area contributed by atoms with E-state index in [0.29, 0.717) is 38.7 Å². The molecule has 0 unspecified atom stereocenters. The second-order valence-electron chi connectivity index (χ2n) is 9.31. The molecule has 2 aromatic carbocycles. The number of amides is 1. The molecule has 0 radical (unpaired) electrons. The molecule has 9 heteroatoms. The first-order chi connectivity index (χ1) is 18.2. The number of carbonyl (C=O) groups excluding carboxylic acids is 1. The fraction of sp³-hybridized carbons (Fsp3) is 0.286. The van der Waals surface area contributed by atoms with Crippen molar-refractivity contribution < 1.29 is 9.53 Å². The number of nitrogens with zero attached hydrogens (tertiary/aromatic N) is 7. The van der Waals surface area contributed by atoms with E-state index in [2.05, 4.69) is 38.9 Å². The Morgan fingerprint density at radius 2 is 1.70 bits per heavy atom. The molecule has 9 nitrogen and oxygen atoms in total. The van der Waals surface area contributed by atoms with Crippen molar-refractivity contribution in [1.29, 1.82) is 0 Å². The Kier molecular flexibility index (Phi) is 6.18. The molecule has 0 aliphatic carbocycles. The first-order valence-corrected chi connectivity index (χ1v) is 12.6. The number of ether oxygens (including phenoxy) is 1. The molecule has 6 rings (SSSR count). The standard InChI is InChI=1S/C28H29N7O2/c1-32-16-17-37-25-18-22(8-9-24(25)32)23-19-35(27(31-23)21-6-3-2-4-7-21)20-26(36)33-12-14-34(15-13-33)28-29-10-5-11-30-28/h2-11,18-19H,12-17,20H2,1H3. The van der Waals surface area contributed by atoms with Crippen LogP contribution in [0, 0.1) is 0 Å². The average Bonchev–Trinajstić information content (AvgIpc) is 3.38. The van der Waals surface area contributed by atoms with Gasteiger partial charge in [0.1, 0.15) is 24.7 Å². The molecular weight excluding hydrogens is 466 g/mol. The van der Waals surface area contributed by atoms with Crippen molar-refractivity contribution in [2.45, 2.75) is 6.54 Å². The number of hydrogen-bond acceptors (Lipinski definition) is 7. The van der Waals surface area contributed by atoms with Gasteiger partial charge in [0.05, 0.1) is 17.9 Å². The lowest BCUT2D eigenvalue weighted by Crippen LogP contribution is -2.50. The van der Waals surface area contributed by atoms with Crippen molar-refractivity contribution in [3.63, 3.8) is 0 Å². The molecule has 1 amide bonds. The molecule has 0 N–H and O–H groups in total. The number of carbonyl (C=O) groups is 1. The van der Waals surface area contributed by atoms with E-state index in [9.17, 15) is 4.79 Å². The molecule has 0 saturated carbocycles. The van der Waals surface area contributed by atoms with Gasteiger partial charge in [0.25, 0.3) is 0 Å². The number of anilines is 2. The van der Waals surface area contributed by atoms with E-state index in [1.165, 1.54) is 0 Å². The van der Waals surface area contributed by atoms with Crippen LogP contribution in [0.3, 0.4) is 0 Å².